The maximum absolute atomic E-state index is 9.83. The van der Waals surface area contributed by atoms with Crippen molar-refractivity contribution in [1.29, 1.82) is 0 Å². The number of nitrogens with two attached hydrogens (primary N) is 1. The van der Waals surface area contributed by atoms with E-state index in [0.29, 0.717) is 12.1 Å². The first kappa shape index (κ1) is 9.44. The highest BCUT2D eigenvalue weighted by Gasteiger charge is 2.32. The molecule has 13 heavy (non-hydrogen) atoms. The van der Waals surface area contributed by atoms with E-state index in [-0.39, 0.29) is 6.10 Å². The van der Waals surface area contributed by atoms with E-state index in [0.717, 1.165) is 32.4 Å². The molecule has 0 spiro atoms. The van der Waals surface area contributed by atoms with Gasteiger partial charge in [0.05, 0.1) is 6.10 Å². The van der Waals surface area contributed by atoms with Gasteiger partial charge in [-0.15, -0.1) is 0 Å². The molecular weight excluding hydrogens is 164 g/mol. The van der Waals surface area contributed by atoms with E-state index < -0.39 is 0 Å². The fourth-order valence-corrected chi connectivity index (χ4v) is 2.63. The van der Waals surface area contributed by atoms with Crippen molar-refractivity contribution in [3.8, 4) is 0 Å². The van der Waals surface area contributed by atoms with Crippen LogP contribution in [0, 0.1) is 0 Å². The van der Waals surface area contributed by atoms with Crippen molar-refractivity contribution in [2.75, 3.05) is 13.1 Å². The molecule has 3 N–H and O–H groups in total. The summed E-state index contributed by atoms with van der Waals surface area (Å²) in [6, 6.07) is 0.747. The highest BCUT2D eigenvalue weighted by Crippen LogP contribution is 2.25. The minimum Gasteiger partial charge on any atom is -0.391 e. The summed E-state index contributed by atoms with van der Waals surface area (Å²) in [5.41, 5.74) is 5.85. The van der Waals surface area contributed by atoms with Crippen molar-refractivity contribution in [3.05, 3.63) is 0 Å². The number of hydrogen-bond donors (Lipinski definition) is 2. The molecule has 1 aliphatic carbocycles. The van der Waals surface area contributed by atoms with E-state index >= 15 is 0 Å². The van der Waals surface area contributed by atoms with Gasteiger partial charge < -0.3 is 10.8 Å². The lowest BCUT2D eigenvalue weighted by molar-refractivity contribution is 0.0306. The van der Waals surface area contributed by atoms with Gasteiger partial charge in [-0.1, -0.05) is 12.8 Å². The first-order chi connectivity index (χ1) is 6.27. The Balaban J connectivity index is 1.91. The average Bonchev–Trinajstić information content (AvgIpc) is 2.53. The molecule has 2 aliphatic rings. The maximum Gasteiger partial charge on any atom is 0.0695 e. The molecule has 3 heteroatoms. The SMILES string of the molecule is NC1CCN(C2CCCCC2O)C1. The number of nitrogens with zero attached hydrogens (tertiary/aromatic N) is 1. The van der Waals surface area contributed by atoms with Crippen molar-refractivity contribution < 1.29 is 5.11 Å². The molecular formula is C10H20N2O. The van der Waals surface area contributed by atoms with Crippen molar-refractivity contribution in [3.63, 3.8) is 0 Å². The number of likely N-dealkylation sites (tertiary alicyclic amines) is 1. The minimum atomic E-state index is -0.0981. The van der Waals surface area contributed by atoms with E-state index in [2.05, 4.69) is 4.90 Å². The lowest BCUT2D eigenvalue weighted by atomic mass is 9.91. The average molecular weight is 184 g/mol. The quantitative estimate of drug-likeness (QED) is 0.617. The van der Waals surface area contributed by atoms with Gasteiger partial charge >= 0.3 is 0 Å². The van der Waals surface area contributed by atoms with Gasteiger partial charge in [-0.2, -0.15) is 0 Å². The molecule has 0 aromatic carbocycles. The largest absolute Gasteiger partial charge is 0.391 e. The van der Waals surface area contributed by atoms with Crippen LogP contribution in [0.5, 0.6) is 0 Å². The van der Waals surface area contributed by atoms with Gasteiger partial charge in [0.15, 0.2) is 0 Å². The van der Waals surface area contributed by atoms with E-state index in [1.807, 2.05) is 0 Å². The zero-order valence-corrected chi connectivity index (χ0v) is 8.15. The Bertz CT molecular complexity index is 174. The Morgan fingerprint density at radius 2 is 1.92 bits per heavy atom. The zero-order chi connectivity index (χ0) is 9.26. The molecule has 1 heterocycles. The monoisotopic (exact) mass is 184 g/mol. The predicted octanol–water partition coefficient (Wildman–Crippen LogP) is 0.323. The first-order valence-electron chi connectivity index (χ1n) is 5.45. The van der Waals surface area contributed by atoms with E-state index in [4.69, 9.17) is 5.73 Å². The van der Waals surface area contributed by atoms with Crippen LogP contribution in [0.3, 0.4) is 0 Å². The second-order valence-electron chi connectivity index (χ2n) is 4.46. The van der Waals surface area contributed by atoms with E-state index in [1.54, 1.807) is 0 Å². The number of hydrogen-bond acceptors (Lipinski definition) is 3. The number of rotatable bonds is 1. The van der Waals surface area contributed by atoms with Gasteiger partial charge in [-0.3, -0.25) is 4.90 Å². The molecule has 0 aromatic rings. The summed E-state index contributed by atoms with van der Waals surface area (Å²) < 4.78 is 0. The van der Waals surface area contributed by atoms with Gasteiger partial charge in [0, 0.05) is 25.2 Å². The molecule has 3 unspecified atom stereocenters. The third kappa shape index (κ3) is 2.03. The summed E-state index contributed by atoms with van der Waals surface area (Å²) >= 11 is 0. The molecule has 0 amide bonds. The van der Waals surface area contributed by atoms with Gasteiger partial charge in [0.1, 0.15) is 0 Å². The fourth-order valence-electron chi connectivity index (χ4n) is 2.63. The summed E-state index contributed by atoms with van der Waals surface area (Å²) in [5.74, 6) is 0. The van der Waals surface area contributed by atoms with Crippen LogP contribution >= 0.6 is 0 Å². The Morgan fingerprint density at radius 3 is 2.54 bits per heavy atom. The maximum atomic E-state index is 9.83. The molecule has 1 saturated carbocycles. The van der Waals surface area contributed by atoms with Crippen LogP contribution in [0.2, 0.25) is 0 Å². The van der Waals surface area contributed by atoms with E-state index in [1.165, 1.54) is 12.8 Å². The van der Waals surface area contributed by atoms with Crippen LogP contribution in [-0.4, -0.2) is 41.3 Å². The Hall–Kier alpha value is -0.120. The topological polar surface area (TPSA) is 49.5 Å². The third-order valence-corrected chi connectivity index (χ3v) is 3.42. The lowest BCUT2D eigenvalue weighted by Crippen LogP contribution is -2.45. The van der Waals surface area contributed by atoms with Crippen LogP contribution in [0.25, 0.3) is 0 Å². The zero-order valence-electron chi connectivity index (χ0n) is 8.15. The highest BCUT2D eigenvalue weighted by atomic mass is 16.3. The standard InChI is InChI=1S/C10H20N2O/c11-8-5-6-12(7-8)9-3-1-2-4-10(9)13/h8-10,13H,1-7,11H2. The smallest absolute Gasteiger partial charge is 0.0695 e. The number of aliphatic hydroxyl groups excluding tert-OH is 1. The molecule has 0 radical (unpaired) electrons. The van der Waals surface area contributed by atoms with Crippen molar-refractivity contribution in [2.24, 2.45) is 5.73 Å². The highest BCUT2D eigenvalue weighted by molar-refractivity contribution is 4.88. The Labute approximate surface area is 79.9 Å². The van der Waals surface area contributed by atoms with Crippen LogP contribution in [0.4, 0.5) is 0 Å². The van der Waals surface area contributed by atoms with Crippen molar-refractivity contribution in [2.45, 2.75) is 50.3 Å². The van der Waals surface area contributed by atoms with Crippen molar-refractivity contribution >= 4 is 0 Å². The fraction of sp³-hybridized carbons (Fsp3) is 1.00. The van der Waals surface area contributed by atoms with E-state index in [9.17, 15) is 5.11 Å². The van der Waals surface area contributed by atoms with Gasteiger partial charge in [0.2, 0.25) is 0 Å². The Morgan fingerprint density at radius 1 is 1.15 bits per heavy atom. The van der Waals surface area contributed by atoms with Gasteiger partial charge in [-0.25, -0.2) is 0 Å². The molecule has 1 aliphatic heterocycles. The summed E-state index contributed by atoms with van der Waals surface area (Å²) in [5, 5.41) is 9.83. The molecule has 0 aromatic heterocycles. The van der Waals surface area contributed by atoms with Crippen molar-refractivity contribution in [1.82, 2.24) is 4.90 Å². The molecule has 1 saturated heterocycles. The molecule has 76 valence electrons. The van der Waals surface area contributed by atoms with Gasteiger partial charge in [0.25, 0.3) is 0 Å². The van der Waals surface area contributed by atoms with Crippen LogP contribution < -0.4 is 5.73 Å². The second kappa shape index (κ2) is 3.95. The molecule has 2 rings (SSSR count). The summed E-state index contributed by atoms with van der Waals surface area (Å²) in [7, 11) is 0. The third-order valence-electron chi connectivity index (χ3n) is 3.42. The molecule has 3 nitrogen and oxygen atoms in total. The first-order valence-corrected chi connectivity index (χ1v) is 5.45. The lowest BCUT2D eigenvalue weighted by Gasteiger charge is -2.35. The van der Waals surface area contributed by atoms with Crippen LogP contribution in [-0.2, 0) is 0 Å². The summed E-state index contributed by atoms with van der Waals surface area (Å²) in [6.07, 6.45) is 5.61. The molecule has 2 fully saturated rings. The van der Waals surface area contributed by atoms with Crippen LogP contribution in [0.1, 0.15) is 32.1 Å². The molecule has 3 atom stereocenters. The minimum absolute atomic E-state index is 0.0981. The normalized spacial score (nSPS) is 42.5. The van der Waals surface area contributed by atoms with Crippen LogP contribution in [0.15, 0.2) is 0 Å². The number of aliphatic hydroxyl groups is 1. The molecule has 0 bridgehead atoms. The van der Waals surface area contributed by atoms with Gasteiger partial charge in [-0.05, 0) is 19.3 Å². The summed E-state index contributed by atoms with van der Waals surface area (Å²) in [6.45, 7) is 2.07. The summed E-state index contributed by atoms with van der Waals surface area (Å²) in [4.78, 5) is 2.38. The second-order valence-corrected chi connectivity index (χ2v) is 4.46. The predicted molar refractivity (Wildman–Crippen MR) is 52.4 cm³/mol. The Kier molecular flexibility index (Phi) is 2.86.